The van der Waals surface area contributed by atoms with Gasteiger partial charge in [0.05, 0.1) is 10.5 Å². The van der Waals surface area contributed by atoms with Crippen LogP contribution < -0.4 is 0 Å². The number of hydrogen-bond donors (Lipinski definition) is 1. The van der Waals surface area contributed by atoms with Crippen molar-refractivity contribution in [3.63, 3.8) is 0 Å². The van der Waals surface area contributed by atoms with Gasteiger partial charge in [0.15, 0.2) is 0 Å². The number of carboxylic acids is 1. The number of hydrogen-bond acceptors (Lipinski definition) is 3. The molecule has 0 spiro atoms. The Labute approximate surface area is 80.1 Å². The molecule has 74 valence electrons. The Balaban J connectivity index is 3.25. The first-order valence-corrected chi connectivity index (χ1v) is 4.07. The lowest BCUT2D eigenvalue weighted by molar-refractivity contribution is -0.385. The van der Waals surface area contributed by atoms with E-state index in [1.807, 2.05) is 0 Å². The van der Waals surface area contributed by atoms with Crippen LogP contribution >= 0.6 is 0 Å². The second-order valence-electron chi connectivity index (χ2n) is 2.76. The molecule has 1 N–H and O–H groups in total. The summed E-state index contributed by atoms with van der Waals surface area (Å²) in [5.74, 6) is -1.07. The maximum Gasteiger partial charge on any atom is 0.335 e. The van der Waals surface area contributed by atoms with E-state index in [-0.39, 0.29) is 11.3 Å². The van der Waals surface area contributed by atoms with Crippen LogP contribution in [-0.4, -0.2) is 16.0 Å². The summed E-state index contributed by atoms with van der Waals surface area (Å²) in [5, 5.41) is 19.2. The van der Waals surface area contributed by atoms with E-state index in [1.165, 1.54) is 18.2 Å². The number of nitro groups is 1. The largest absolute Gasteiger partial charge is 0.478 e. The zero-order valence-electron chi connectivity index (χ0n) is 7.56. The van der Waals surface area contributed by atoms with Gasteiger partial charge >= 0.3 is 5.97 Å². The fraction of sp³-hybridized carbons (Fsp3) is 0.222. The predicted octanol–water partition coefficient (Wildman–Crippen LogP) is 1.86. The molecule has 5 nitrogen and oxygen atoms in total. The topological polar surface area (TPSA) is 80.4 Å². The Hall–Kier alpha value is -1.91. The van der Waals surface area contributed by atoms with Crippen molar-refractivity contribution in [2.45, 2.75) is 13.3 Å². The molecular weight excluding hydrogens is 186 g/mol. The third-order valence-electron chi connectivity index (χ3n) is 1.90. The van der Waals surface area contributed by atoms with Gasteiger partial charge in [0.25, 0.3) is 5.69 Å². The van der Waals surface area contributed by atoms with Crippen molar-refractivity contribution in [1.82, 2.24) is 0 Å². The van der Waals surface area contributed by atoms with E-state index in [0.717, 1.165) is 0 Å². The molecular formula is C9H9NO4. The first-order chi connectivity index (χ1) is 6.56. The first kappa shape index (κ1) is 10.2. The maximum absolute atomic E-state index is 10.6. The van der Waals surface area contributed by atoms with Crippen LogP contribution in [0.25, 0.3) is 0 Å². The molecule has 0 aliphatic heterocycles. The lowest BCUT2D eigenvalue weighted by atomic mass is 10.1. The van der Waals surface area contributed by atoms with Gasteiger partial charge in [0.1, 0.15) is 0 Å². The highest BCUT2D eigenvalue weighted by Crippen LogP contribution is 2.20. The summed E-state index contributed by atoms with van der Waals surface area (Å²) < 4.78 is 0. The number of aromatic carboxylic acids is 1. The number of benzene rings is 1. The van der Waals surface area contributed by atoms with Crippen molar-refractivity contribution in [3.05, 3.63) is 39.4 Å². The Morgan fingerprint density at radius 3 is 2.64 bits per heavy atom. The Kier molecular flexibility index (Phi) is 2.81. The molecule has 0 atom stereocenters. The van der Waals surface area contributed by atoms with Crippen molar-refractivity contribution in [2.75, 3.05) is 0 Å². The molecule has 0 aliphatic carbocycles. The molecule has 0 bridgehead atoms. The van der Waals surface area contributed by atoms with Crippen LogP contribution in [0.5, 0.6) is 0 Å². The van der Waals surface area contributed by atoms with E-state index in [2.05, 4.69) is 0 Å². The minimum absolute atomic E-state index is 0.0301. The molecule has 0 aromatic heterocycles. The van der Waals surface area contributed by atoms with Crippen LogP contribution in [0.3, 0.4) is 0 Å². The Morgan fingerprint density at radius 2 is 2.21 bits per heavy atom. The molecule has 1 rings (SSSR count). The molecule has 0 saturated carbocycles. The first-order valence-electron chi connectivity index (χ1n) is 4.07. The fourth-order valence-electron chi connectivity index (χ4n) is 1.18. The molecule has 0 aliphatic rings. The number of nitrogens with zero attached hydrogens (tertiary/aromatic N) is 1. The summed E-state index contributed by atoms with van der Waals surface area (Å²) >= 11 is 0. The van der Waals surface area contributed by atoms with Crippen LogP contribution in [0.2, 0.25) is 0 Å². The van der Waals surface area contributed by atoms with Crippen molar-refractivity contribution in [3.8, 4) is 0 Å². The van der Waals surface area contributed by atoms with Crippen LogP contribution in [0.15, 0.2) is 18.2 Å². The van der Waals surface area contributed by atoms with Crippen LogP contribution in [-0.2, 0) is 6.42 Å². The standard InChI is InChI=1S/C9H9NO4/c1-2-6-5-7(9(11)12)3-4-8(6)10(13)14/h3-5H,2H2,1H3,(H,11,12). The Bertz CT molecular complexity index is 386. The van der Waals surface area contributed by atoms with Crippen molar-refractivity contribution in [1.29, 1.82) is 0 Å². The van der Waals surface area contributed by atoms with Crippen molar-refractivity contribution < 1.29 is 14.8 Å². The highest BCUT2D eigenvalue weighted by Gasteiger charge is 2.14. The van der Waals surface area contributed by atoms with Gasteiger partial charge in [-0.1, -0.05) is 6.92 Å². The molecule has 0 fully saturated rings. The molecule has 0 amide bonds. The summed E-state index contributed by atoms with van der Waals surface area (Å²) in [6.45, 7) is 1.74. The molecule has 1 aromatic rings. The third-order valence-corrected chi connectivity index (χ3v) is 1.90. The van der Waals surface area contributed by atoms with Gasteiger partial charge in [0, 0.05) is 11.6 Å². The Morgan fingerprint density at radius 1 is 1.57 bits per heavy atom. The molecule has 0 saturated heterocycles. The summed E-state index contributed by atoms with van der Waals surface area (Å²) in [6, 6.07) is 3.79. The monoisotopic (exact) mass is 195 g/mol. The molecule has 0 radical (unpaired) electrons. The minimum Gasteiger partial charge on any atom is -0.478 e. The van der Waals surface area contributed by atoms with Crippen LogP contribution in [0.1, 0.15) is 22.8 Å². The predicted molar refractivity (Wildman–Crippen MR) is 49.4 cm³/mol. The summed E-state index contributed by atoms with van der Waals surface area (Å²) in [5.41, 5.74) is 0.486. The van der Waals surface area contributed by atoms with E-state index in [1.54, 1.807) is 6.92 Å². The lowest BCUT2D eigenvalue weighted by Gasteiger charge is -2.00. The second-order valence-corrected chi connectivity index (χ2v) is 2.76. The summed E-state index contributed by atoms with van der Waals surface area (Å²) in [6.07, 6.45) is 0.442. The van der Waals surface area contributed by atoms with Crippen molar-refractivity contribution >= 4 is 11.7 Å². The molecule has 1 aromatic carbocycles. The van der Waals surface area contributed by atoms with Gasteiger partial charge in [-0.2, -0.15) is 0 Å². The number of carbonyl (C=O) groups is 1. The normalized spacial score (nSPS) is 9.79. The number of rotatable bonds is 3. The van der Waals surface area contributed by atoms with Gasteiger partial charge in [-0.3, -0.25) is 10.1 Å². The molecule has 0 heterocycles. The van der Waals surface area contributed by atoms with Gasteiger partial charge < -0.3 is 5.11 Å². The van der Waals surface area contributed by atoms with E-state index < -0.39 is 10.9 Å². The highest BCUT2D eigenvalue weighted by molar-refractivity contribution is 5.88. The zero-order valence-corrected chi connectivity index (χ0v) is 7.56. The van der Waals surface area contributed by atoms with Gasteiger partial charge in [-0.25, -0.2) is 4.79 Å². The zero-order chi connectivity index (χ0) is 10.7. The lowest BCUT2D eigenvalue weighted by Crippen LogP contribution is -2.00. The number of nitro benzene ring substituents is 1. The van der Waals surface area contributed by atoms with Crippen LogP contribution in [0, 0.1) is 10.1 Å². The van der Waals surface area contributed by atoms with E-state index in [0.29, 0.717) is 12.0 Å². The molecule has 5 heteroatoms. The summed E-state index contributed by atoms with van der Waals surface area (Å²) in [4.78, 5) is 20.6. The highest BCUT2D eigenvalue weighted by atomic mass is 16.6. The maximum atomic E-state index is 10.6. The average Bonchev–Trinajstić information content (AvgIpc) is 2.16. The average molecular weight is 195 g/mol. The smallest absolute Gasteiger partial charge is 0.335 e. The van der Waals surface area contributed by atoms with Gasteiger partial charge in [0.2, 0.25) is 0 Å². The summed E-state index contributed by atoms with van der Waals surface area (Å²) in [7, 11) is 0. The van der Waals surface area contributed by atoms with E-state index in [9.17, 15) is 14.9 Å². The van der Waals surface area contributed by atoms with Crippen molar-refractivity contribution in [2.24, 2.45) is 0 Å². The third kappa shape index (κ3) is 1.87. The van der Waals surface area contributed by atoms with Gasteiger partial charge in [-0.05, 0) is 18.6 Å². The molecule has 0 unspecified atom stereocenters. The number of carboxylic acid groups (broad SMARTS) is 1. The quantitative estimate of drug-likeness (QED) is 0.589. The fourth-order valence-corrected chi connectivity index (χ4v) is 1.18. The van der Waals surface area contributed by atoms with E-state index in [4.69, 9.17) is 5.11 Å². The van der Waals surface area contributed by atoms with E-state index >= 15 is 0 Å². The minimum atomic E-state index is -1.07. The van der Waals surface area contributed by atoms with Gasteiger partial charge in [-0.15, -0.1) is 0 Å². The SMILES string of the molecule is CCc1cc(C(=O)O)ccc1[N+](=O)[O-]. The number of aryl methyl sites for hydroxylation is 1. The molecule has 14 heavy (non-hydrogen) atoms. The van der Waals surface area contributed by atoms with Crippen LogP contribution in [0.4, 0.5) is 5.69 Å². The second kappa shape index (κ2) is 3.87.